The van der Waals surface area contributed by atoms with E-state index >= 15 is 0 Å². The van der Waals surface area contributed by atoms with Crippen molar-refractivity contribution in [2.75, 3.05) is 6.54 Å². The van der Waals surface area contributed by atoms with Gasteiger partial charge in [0.1, 0.15) is 6.04 Å². The van der Waals surface area contributed by atoms with Crippen LogP contribution in [0.1, 0.15) is 18.5 Å². The summed E-state index contributed by atoms with van der Waals surface area (Å²) >= 11 is 1.60. The summed E-state index contributed by atoms with van der Waals surface area (Å²) in [6.45, 7) is 1.34. The normalized spacial score (nSPS) is 18.9. The van der Waals surface area contributed by atoms with E-state index in [1.807, 2.05) is 28.5 Å². The fourth-order valence-electron chi connectivity index (χ4n) is 2.42. The Morgan fingerprint density at radius 2 is 2.45 bits per heavy atom. The van der Waals surface area contributed by atoms with Gasteiger partial charge in [-0.05, 0) is 30.8 Å². The maximum absolute atomic E-state index is 11.1. The zero-order valence-electron chi connectivity index (χ0n) is 10.7. The van der Waals surface area contributed by atoms with Gasteiger partial charge >= 0.3 is 5.97 Å². The second kappa shape index (κ2) is 6.39. The molecule has 1 aliphatic heterocycles. The van der Waals surface area contributed by atoms with Crippen LogP contribution in [0.2, 0.25) is 0 Å². The van der Waals surface area contributed by atoms with E-state index in [0.717, 1.165) is 29.3 Å². The van der Waals surface area contributed by atoms with Crippen molar-refractivity contribution in [2.45, 2.75) is 25.4 Å². The van der Waals surface area contributed by atoms with Crippen molar-refractivity contribution in [3.8, 4) is 10.6 Å². The third-order valence-electron chi connectivity index (χ3n) is 3.34. The van der Waals surface area contributed by atoms with E-state index in [1.54, 1.807) is 11.3 Å². The zero-order valence-corrected chi connectivity index (χ0v) is 12.3. The minimum Gasteiger partial charge on any atom is -0.480 e. The number of carboxylic acids is 1. The van der Waals surface area contributed by atoms with E-state index in [0.29, 0.717) is 13.0 Å². The zero-order chi connectivity index (χ0) is 13.2. The predicted molar refractivity (Wildman–Crippen MR) is 78.1 cm³/mol. The smallest absolute Gasteiger partial charge is 0.320 e. The molecule has 0 radical (unpaired) electrons. The van der Waals surface area contributed by atoms with Gasteiger partial charge in [-0.2, -0.15) is 0 Å². The molecule has 0 unspecified atom stereocenters. The molecule has 1 fully saturated rings. The minimum atomic E-state index is -0.750. The van der Waals surface area contributed by atoms with Crippen molar-refractivity contribution >= 4 is 29.7 Å². The van der Waals surface area contributed by atoms with Crippen LogP contribution in [0.25, 0.3) is 10.6 Å². The number of nitrogens with zero attached hydrogens (tertiary/aromatic N) is 2. The molecule has 5 nitrogen and oxygen atoms in total. The van der Waals surface area contributed by atoms with Crippen molar-refractivity contribution in [1.82, 2.24) is 10.1 Å². The highest BCUT2D eigenvalue weighted by atomic mass is 35.5. The van der Waals surface area contributed by atoms with E-state index in [4.69, 9.17) is 9.63 Å². The number of hydrogen-bond donors (Lipinski definition) is 1. The summed E-state index contributed by atoms with van der Waals surface area (Å²) in [5.41, 5.74) is 0.788. The van der Waals surface area contributed by atoms with Crippen LogP contribution in [0.5, 0.6) is 0 Å². The molecular weight excluding hydrogens is 300 g/mol. The molecule has 0 amide bonds. The number of carboxylic acid groups (broad SMARTS) is 1. The predicted octanol–water partition coefficient (Wildman–Crippen LogP) is 2.87. The number of likely N-dealkylation sites (tertiary alicyclic amines) is 1. The van der Waals surface area contributed by atoms with Crippen LogP contribution in [-0.2, 0) is 11.3 Å². The van der Waals surface area contributed by atoms with Crippen molar-refractivity contribution in [1.29, 1.82) is 0 Å². The number of thiophene rings is 1. The minimum absolute atomic E-state index is 0. The highest BCUT2D eigenvalue weighted by Crippen LogP contribution is 2.26. The Labute approximate surface area is 126 Å². The summed E-state index contributed by atoms with van der Waals surface area (Å²) in [7, 11) is 0. The lowest BCUT2D eigenvalue weighted by Crippen LogP contribution is -2.35. The Balaban J connectivity index is 0.00000147. The molecule has 3 rings (SSSR count). The summed E-state index contributed by atoms with van der Waals surface area (Å²) in [4.78, 5) is 14.1. The Hall–Kier alpha value is -1.37. The van der Waals surface area contributed by atoms with Gasteiger partial charge in [0, 0.05) is 12.6 Å². The summed E-state index contributed by atoms with van der Waals surface area (Å²) in [6.07, 6.45) is 1.64. The number of hydrogen-bond acceptors (Lipinski definition) is 5. The Bertz CT molecular complexity index is 570. The first-order valence-corrected chi connectivity index (χ1v) is 7.08. The number of carbonyl (C=O) groups is 1. The van der Waals surface area contributed by atoms with Crippen LogP contribution in [-0.4, -0.2) is 33.7 Å². The molecule has 0 spiro atoms. The molecule has 0 saturated carbocycles. The van der Waals surface area contributed by atoms with Crippen molar-refractivity contribution < 1.29 is 14.4 Å². The Kier molecular flexibility index (Phi) is 4.80. The number of rotatable bonds is 4. The monoisotopic (exact) mass is 314 g/mol. The number of aliphatic carboxylic acids is 1. The molecule has 1 N–H and O–H groups in total. The van der Waals surface area contributed by atoms with E-state index in [2.05, 4.69) is 5.16 Å². The molecule has 108 valence electrons. The van der Waals surface area contributed by atoms with Gasteiger partial charge in [-0.25, -0.2) is 0 Å². The number of halogens is 1. The maximum atomic E-state index is 11.1. The van der Waals surface area contributed by atoms with Crippen LogP contribution in [0, 0.1) is 0 Å². The van der Waals surface area contributed by atoms with E-state index < -0.39 is 5.97 Å². The topological polar surface area (TPSA) is 66.6 Å². The van der Waals surface area contributed by atoms with E-state index in [9.17, 15) is 4.79 Å². The van der Waals surface area contributed by atoms with Gasteiger partial charge in [0.05, 0.1) is 10.6 Å². The first-order valence-electron chi connectivity index (χ1n) is 6.20. The Morgan fingerprint density at radius 1 is 1.60 bits per heavy atom. The molecule has 0 aliphatic carbocycles. The Morgan fingerprint density at radius 3 is 3.15 bits per heavy atom. The molecule has 7 heteroatoms. The summed E-state index contributed by atoms with van der Waals surface area (Å²) < 4.78 is 5.30. The third-order valence-corrected chi connectivity index (χ3v) is 4.22. The van der Waals surface area contributed by atoms with E-state index in [-0.39, 0.29) is 18.4 Å². The van der Waals surface area contributed by atoms with E-state index in [1.165, 1.54) is 0 Å². The molecule has 1 atom stereocenters. The molecule has 0 aromatic carbocycles. The van der Waals surface area contributed by atoms with Crippen molar-refractivity contribution in [3.63, 3.8) is 0 Å². The molecular formula is C13H15ClN2O3S. The summed E-state index contributed by atoms with van der Waals surface area (Å²) in [5.74, 6) is -0.00412. The lowest BCUT2D eigenvalue weighted by Gasteiger charge is -2.19. The molecule has 3 heterocycles. The van der Waals surface area contributed by atoms with Gasteiger partial charge in [-0.3, -0.25) is 9.69 Å². The van der Waals surface area contributed by atoms with Gasteiger partial charge in [-0.1, -0.05) is 11.2 Å². The third kappa shape index (κ3) is 3.03. The van der Waals surface area contributed by atoms with Crippen LogP contribution in [0.15, 0.2) is 28.1 Å². The lowest BCUT2D eigenvalue weighted by atomic mass is 10.2. The molecule has 1 saturated heterocycles. The SMILES string of the molecule is Cl.O=C(O)[C@H]1CCCN1Cc1cc(-c2cccs2)on1. The lowest BCUT2D eigenvalue weighted by molar-refractivity contribution is -0.142. The van der Waals surface area contributed by atoms with Crippen molar-refractivity contribution in [3.05, 3.63) is 29.3 Å². The quantitative estimate of drug-likeness (QED) is 0.940. The highest BCUT2D eigenvalue weighted by Gasteiger charge is 2.30. The largest absolute Gasteiger partial charge is 0.480 e. The van der Waals surface area contributed by atoms with Crippen LogP contribution >= 0.6 is 23.7 Å². The molecule has 0 bridgehead atoms. The van der Waals surface area contributed by atoms with Gasteiger partial charge in [0.15, 0.2) is 5.76 Å². The van der Waals surface area contributed by atoms with Crippen LogP contribution < -0.4 is 0 Å². The maximum Gasteiger partial charge on any atom is 0.320 e. The van der Waals surface area contributed by atoms with Gasteiger partial charge < -0.3 is 9.63 Å². The second-order valence-electron chi connectivity index (χ2n) is 4.63. The van der Waals surface area contributed by atoms with Gasteiger partial charge in [0.2, 0.25) is 0 Å². The summed E-state index contributed by atoms with van der Waals surface area (Å²) in [5, 5.41) is 15.1. The highest BCUT2D eigenvalue weighted by molar-refractivity contribution is 7.13. The fraction of sp³-hybridized carbons (Fsp3) is 0.385. The molecule has 1 aliphatic rings. The van der Waals surface area contributed by atoms with Crippen LogP contribution in [0.4, 0.5) is 0 Å². The van der Waals surface area contributed by atoms with Gasteiger partial charge in [-0.15, -0.1) is 23.7 Å². The van der Waals surface area contributed by atoms with Gasteiger partial charge in [0.25, 0.3) is 0 Å². The average molecular weight is 315 g/mol. The first kappa shape index (κ1) is 15.0. The number of aromatic nitrogens is 1. The fourth-order valence-corrected chi connectivity index (χ4v) is 3.10. The van der Waals surface area contributed by atoms with Crippen LogP contribution in [0.3, 0.4) is 0 Å². The average Bonchev–Trinajstić information content (AvgIpc) is 3.09. The molecule has 20 heavy (non-hydrogen) atoms. The van der Waals surface area contributed by atoms with Crippen molar-refractivity contribution in [2.24, 2.45) is 0 Å². The molecule has 2 aromatic rings. The first-order chi connectivity index (χ1) is 9.24. The summed E-state index contributed by atoms with van der Waals surface area (Å²) in [6, 6.07) is 5.44. The molecule has 2 aromatic heterocycles. The standard InChI is InChI=1S/C13H14N2O3S.ClH/c16-13(17)10-3-1-5-15(10)8-9-7-11(18-14-9)12-4-2-6-19-12;/h2,4,6-7,10H,1,3,5,8H2,(H,16,17);1H/t10-;/m1./s1. The second-order valence-corrected chi connectivity index (χ2v) is 5.57.